The summed E-state index contributed by atoms with van der Waals surface area (Å²) >= 11 is 13.5. The lowest BCUT2D eigenvalue weighted by Gasteiger charge is -2.03. The molecule has 0 spiro atoms. The van der Waals surface area contributed by atoms with Gasteiger partial charge in [0.2, 0.25) is 0 Å². The molecule has 4 rings (SSSR count). The topological polar surface area (TPSA) is 74.8 Å². The Bertz CT molecular complexity index is 1120. The number of furan rings is 1. The van der Waals surface area contributed by atoms with Crippen LogP contribution < -0.4 is 5.32 Å². The third-order valence-electron chi connectivity index (χ3n) is 3.84. The van der Waals surface area contributed by atoms with Crippen molar-refractivity contribution in [2.45, 2.75) is 0 Å². The fourth-order valence-electron chi connectivity index (χ4n) is 2.63. The highest BCUT2D eigenvalue weighted by Gasteiger charge is 2.24. The highest BCUT2D eigenvalue weighted by atomic mass is 35.5. The smallest absolute Gasteiger partial charge is 0.289 e. The normalized spacial score (nSPS) is 16.7. The molecule has 1 aromatic heterocycles. The number of hydrogen-bond donors (Lipinski definition) is 2. The Balaban J connectivity index is 1.68. The number of amides is 1. The number of amidine groups is 1. The average molecular weight is 431 g/mol. The van der Waals surface area contributed by atoms with Crippen LogP contribution in [0.4, 0.5) is 10.5 Å². The van der Waals surface area contributed by atoms with E-state index < -0.39 is 0 Å². The Morgan fingerprint density at radius 2 is 1.82 bits per heavy atom. The van der Waals surface area contributed by atoms with Gasteiger partial charge < -0.3 is 14.8 Å². The van der Waals surface area contributed by atoms with E-state index in [4.69, 9.17) is 27.6 Å². The van der Waals surface area contributed by atoms with E-state index in [0.29, 0.717) is 43.6 Å². The average Bonchev–Trinajstić information content (AvgIpc) is 3.22. The summed E-state index contributed by atoms with van der Waals surface area (Å²) in [6.07, 6.45) is 1.71. The summed E-state index contributed by atoms with van der Waals surface area (Å²) in [6, 6.07) is 15.2. The lowest BCUT2D eigenvalue weighted by Crippen LogP contribution is -2.18. The standard InChI is InChI=1S/C20H12Cl2N2O3S/c21-14-5-2-6-15(22)18(14)16-8-7-13(27-16)10-17-19(24-20(26)28-17)23-11-3-1-4-12(25)9-11/h1-10,25H,(H,23,24,26). The Labute approximate surface area is 174 Å². The molecule has 28 heavy (non-hydrogen) atoms. The number of halogens is 2. The molecule has 8 heteroatoms. The van der Waals surface area contributed by atoms with Crippen molar-refractivity contribution < 1.29 is 14.3 Å². The van der Waals surface area contributed by atoms with E-state index in [2.05, 4.69) is 10.3 Å². The SMILES string of the molecule is O=C1NC(=Nc2cccc(O)c2)C(=Cc2ccc(-c3c(Cl)cccc3Cl)o2)S1. The molecular formula is C20H12Cl2N2O3S. The number of phenols is 1. The Hall–Kier alpha value is -2.67. The molecule has 0 atom stereocenters. The van der Waals surface area contributed by atoms with Crippen LogP contribution in [-0.2, 0) is 0 Å². The van der Waals surface area contributed by atoms with Crippen LogP contribution in [0.5, 0.6) is 5.75 Å². The molecule has 3 aromatic rings. The van der Waals surface area contributed by atoms with Crippen molar-refractivity contribution in [2.24, 2.45) is 4.99 Å². The second-order valence-corrected chi connectivity index (χ2v) is 7.63. The van der Waals surface area contributed by atoms with Gasteiger partial charge >= 0.3 is 0 Å². The Morgan fingerprint density at radius 1 is 1.07 bits per heavy atom. The minimum atomic E-state index is -0.244. The van der Waals surface area contributed by atoms with Crippen molar-refractivity contribution in [3.05, 3.63) is 75.3 Å². The third-order valence-corrected chi connectivity index (χ3v) is 5.28. The summed E-state index contributed by atoms with van der Waals surface area (Å²) in [5.74, 6) is 1.52. The number of benzene rings is 2. The van der Waals surface area contributed by atoms with Gasteiger partial charge in [-0.15, -0.1) is 0 Å². The molecule has 0 aliphatic carbocycles. The summed E-state index contributed by atoms with van der Waals surface area (Å²) in [5, 5.41) is 13.0. The largest absolute Gasteiger partial charge is 0.508 e. The molecule has 1 saturated heterocycles. The molecule has 0 bridgehead atoms. The number of nitrogens with one attached hydrogen (secondary N) is 1. The van der Waals surface area contributed by atoms with Crippen molar-refractivity contribution in [1.29, 1.82) is 0 Å². The van der Waals surface area contributed by atoms with Gasteiger partial charge in [0.15, 0.2) is 0 Å². The van der Waals surface area contributed by atoms with Crippen molar-refractivity contribution in [3.63, 3.8) is 0 Å². The van der Waals surface area contributed by atoms with Gasteiger partial charge in [-0.3, -0.25) is 4.79 Å². The first-order valence-electron chi connectivity index (χ1n) is 8.12. The number of hydrogen-bond acceptors (Lipinski definition) is 5. The van der Waals surface area contributed by atoms with E-state index in [1.165, 1.54) is 6.07 Å². The first kappa shape index (κ1) is 18.7. The van der Waals surface area contributed by atoms with E-state index in [9.17, 15) is 9.90 Å². The van der Waals surface area contributed by atoms with E-state index in [1.54, 1.807) is 54.6 Å². The molecule has 2 heterocycles. The van der Waals surface area contributed by atoms with Crippen molar-refractivity contribution in [3.8, 4) is 17.1 Å². The molecule has 1 amide bonds. The molecule has 1 aliphatic rings. The fourth-order valence-corrected chi connectivity index (χ4v) is 3.93. The lowest BCUT2D eigenvalue weighted by atomic mass is 10.2. The number of rotatable bonds is 3. The van der Waals surface area contributed by atoms with Gasteiger partial charge in [0, 0.05) is 6.07 Å². The maximum absolute atomic E-state index is 11.8. The number of carbonyl (C=O) groups is 1. The predicted molar refractivity (Wildman–Crippen MR) is 113 cm³/mol. The number of thioether (sulfide) groups is 1. The number of carbonyl (C=O) groups excluding carboxylic acids is 1. The van der Waals surface area contributed by atoms with Crippen LogP contribution in [0.25, 0.3) is 17.4 Å². The monoisotopic (exact) mass is 430 g/mol. The summed E-state index contributed by atoms with van der Waals surface area (Å²) in [6.45, 7) is 0. The van der Waals surface area contributed by atoms with Crippen molar-refractivity contribution >= 4 is 57.8 Å². The fraction of sp³-hybridized carbons (Fsp3) is 0. The molecule has 5 nitrogen and oxygen atoms in total. The molecule has 1 fully saturated rings. The van der Waals surface area contributed by atoms with E-state index >= 15 is 0 Å². The van der Waals surface area contributed by atoms with Crippen LogP contribution in [0.3, 0.4) is 0 Å². The molecule has 2 aromatic carbocycles. The van der Waals surface area contributed by atoms with Crippen molar-refractivity contribution in [2.75, 3.05) is 0 Å². The molecule has 2 N–H and O–H groups in total. The lowest BCUT2D eigenvalue weighted by molar-refractivity contribution is 0.265. The molecule has 140 valence electrons. The summed E-state index contributed by atoms with van der Waals surface area (Å²) in [4.78, 5) is 16.8. The van der Waals surface area contributed by atoms with Crippen LogP contribution in [0.2, 0.25) is 10.0 Å². The Morgan fingerprint density at radius 3 is 2.57 bits per heavy atom. The maximum Gasteiger partial charge on any atom is 0.289 e. The highest BCUT2D eigenvalue weighted by molar-refractivity contribution is 8.18. The van der Waals surface area contributed by atoms with Gasteiger partial charge in [-0.05, 0) is 54.2 Å². The van der Waals surface area contributed by atoms with E-state index in [0.717, 1.165) is 11.8 Å². The molecule has 1 aliphatic heterocycles. The quantitative estimate of drug-likeness (QED) is 0.497. The van der Waals surface area contributed by atoms with Gasteiger partial charge in [-0.2, -0.15) is 0 Å². The van der Waals surface area contributed by atoms with E-state index in [-0.39, 0.29) is 11.0 Å². The van der Waals surface area contributed by atoms with Crippen LogP contribution >= 0.6 is 35.0 Å². The van der Waals surface area contributed by atoms with Gasteiger partial charge in [0.25, 0.3) is 5.24 Å². The molecule has 0 unspecified atom stereocenters. The van der Waals surface area contributed by atoms with Crippen molar-refractivity contribution in [1.82, 2.24) is 5.32 Å². The minimum absolute atomic E-state index is 0.0941. The van der Waals surface area contributed by atoms with Crippen LogP contribution in [0.15, 0.2) is 68.9 Å². The Kier molecular flexibility index (Phi) is 5.17. The van der Waals surface area contributed by atoms with Gasteiger partial charge in [-0.25, -0.2) is 4.99 Å². The van der Waals surface area contributed by atoms with Crippen LogP contribution in [0, 0.1) is 0 Å². The van der Waals surface area contributed by atoms with E-state index in [1.807, 2.05) is 0 Å². The van der Waals surface area contributed by atoms with Gasteiger partial charge in [-0.1, -0.05) is 35.3 Å². The molecule has 0 radical (unpaired) electrons. The van der Waals surface area contributed by atoms with Gasteiger partial charge in [0.05, 0.1) is 26.2 Å². The maximum atomic E-state index is 11.8. The van der Waals surface area contributed by atoms with Crippen LogP contribution in [-0.4, -0.2) is 16.2 Å². The number of phenolic OH excluding ortho intramolecular Hbond substituents is 1. The molecule has 0 saturated carbocycles. The second kappa shape index (κ2) is 7.75. The first-order valence-corrected chi connectivity index (χ1v) is 9.70. The zero-order valence-electron chi connectivity index (χ0n) is 14.1. The summed E-state index contributed by atoms with van der Waals surface area (Å²) in [7, 11) is 0. The number of aromatic hydroxyl groups is 1. The van der Waals surface area contributed by atoms with Gasteiger partial charge in [0.1, 0.15) is 23.1 Å². The zero-order valence-corrected chi connectivity index (χ0v) is 16.5. The summed E-state index contributed by atoms with van der Waals surface area (Å²) in [5.41, 5.74) is 1.13. The summed E-state index contributed by atoms with van der Waals surface area (Å²) < 4.78 is 5.85. The van der Waals surface area contributed by atoms with Crippen LogP contribution in [0.1, 0.15) is 5.76 Å². The number of nitrogens with zero attached hydrogens (tertiary/aromatic N) is 1. The second-order valence-electron chi connectivity index (χ2n) is 5.80. The number of aliphatic imine (C=N–C) groups is 1. The zero-order chi connectivity index (χ0) is 19.7. The minimum Gasteiger partial charge on any atom is -0.508 e. The third kappa shape index (κ3) is 3.94. The molecular weight excluding hydrogens is 419 g/mol. The highest BCUT2D eigenvalue weighted by Crippen LogP contribution is 2.36. The first-order chi connectivity index (χ1) is 13.5. The predicted octanol–water partition coefficient (Wildman–Crippen LogP) is 6.49.